The van der Waals surface area contributed by atoms with Gasteiger partial charge in [-0.25, -0.2) is 0 Å². The van der Waals surface area contributed by atoms with Crippen molar-refractivity contribution in [3.8, 4) is 28.7 Å². The van der Waals surface area contributed by atoms with Gasteiger partial charge in [0.25, 0.3) is 5.91 Å². The van der Waals surface area contributed by atoms with E-state index in [1.807, 2.05) is 0 Å². The molecule has 8 nitrogen and oxygen atoms in total. The standard InChI is InChI=1S/C20H22N2O6/c1-24-11-6-7-16(25-2)14(8-11)22-20(23)15-9-12-13(21-15)10-17(26-3)19(28-5)18(12)27-4/h6-10,21H,1-5H3,(H,22,23). The van der Waals surface area contributed by atoms with Gasteiger partial charge in [-0.05, 0) is 18.2 Å². The fourth-order valence-electron chi connectivity index (χ4n) is 2.97. The number of hydrogen-bond acceptors (Lipinski definition) is 6. The van der Waals surface area contributed by atoms with Crippen molar-refractivity contribution in [3.05, 3.63) is 36.0 Å². The summed E-state index contributed by atoms with van der Waals surface area (Å²) in [6.07, 6.45) is 0. The maximum atomic E-state index is 12.8. The van der Waals surface area contributed by atoms with Crippen LogP contribution in [0.1, 0.15) is 10.5 Å². The number of methoxy groups -OCH3 is 5. The molecule has 3 rings (SSSR count). The Hall–Kier alpha value is -3.55. The predicted molar refractivity (Wildman–Crippen MR) is 105 cm³/mol. The van der Waals surface area contributed by atoms with Crippen molar-refractivity contribution < 1.29 is 28.5 Å². The molecule has 0 radical (unpaired) electrons. The maximum absolute atomic E-state index is 12.8. The monoisotopic (exact) mass is 386 g/mol. The van der Waals surface area contributed by atoms with Gasteiger partial charge in [-0.15, -0.1) is 0 Å². The third kappa shape index (κ3) is 3.36. The zero-order chi connectivity index (χ0) is 20.3. The minimum Gasteiger partial charge on any atom is -0.497 e. The Morgan fingerprint density at radius 2 is 1.54 bits per heavy atom. The van der Waals surface area contributed by atoms with Crippen LogP contribution in [-0.4, -0.2) is 46.4 Å². The molecule has 148 valence electrons. The van der Waals surface area contributed by atoms with E-state index in [1.54, 1.807) is 37.4 Å². The van der Waals surface area contributed by atoms with E-state index in [-0.39, 0.29) is 5.91 Å². The molecule has 0 bridgehead atoms. The van der Waals surface area contributed by atoms with Gasteiger partial charge in [0.2, 0.25) is 5.75 Å². The lowest BCUT2D eigenvalue weighted by atomic mass is 10.2. The molecule has 3 aromatic rings. The summed E-state index contributed by atoms with van der Waals surface area (Å²) in [6, 6.07) is 8.60. The molecule has 0 saturated carbocycles. The third-order valence-electron chi connectivity index (χ3n) is 4.33. The molecule has 8 heteroatoms. The van der Waals surface area contributed by atoms with E-state index in [2.05, 4.69) is 10.3 Å². The molecule has 0 aliphatic heterocycles. The molecule has 0 fully saturated rings. The number of hydrogen-bond donors (Lipinski definition) is 2. The summed E-state index contributed by atoms with van der Waals surface area (Å²) < 4.78 is 26.7. The first kappa shape index (κ1) is 19.2. The summed E-state index contributed by atoms with van der Waals surface area (Å²) in [6.45, 7) is 0. The highest BCUT2D eigenvalue weighted by Gasteiger charge is 2.20. The molecule has 0 spiro atoms. The van der Waals surface area contributed by atoms with Crippen molar-refractivity contribution in [1.29, 1.82) is 0 Å². The van der Waals surface area contributed by atoms with E-state index in [9.17, 15) is 4.79 Å². The van der Waals surface area contributed by atoms with Crippen LogP contribution in [-0.2, 0) is 0 Å². The van der Waals surface area contributed by atoms with E-state index in [1.165, 1.54) is 28.4 Å². The summed E-state index contributed by atoms with van der Waals surface area (Å²) >= 11 is 0. The summed E-state index contributed by atoms with van der Waals surface area (Å²) in [5.41, 5.74) is 1.51. The molecule has 1 amide bonds. The Bertz CT molecular complexity index is 1010. The zero-order valence-corrected chi connectivity index (χ0v) is 16.3. The van der Waals surface area contributed by atoms with E-state index in [0.29, 0.717) is 51.0 Å². The van der Waals surface area contributed by atoms with Gasteiger partial charge in [-0.3, -0.25) is 4.79 Å². The number of anilines is 1. The lowest BCUT2D eigenvalue weighted by molar-refractivity contribution is 0.102. The number of aromatic nitrogens is 1. The van der Waals surface area contributed by atoms with E-state index in [0.717, 1.165) is 0 Å². The average molecular weight is 386 g/mol. The second-order valence-corrected chi connectivity index (χ2v) is 5.81. The van der Waals surface area contributed by atoms with Crippen LogP contribution >= 0.6 is 0 Å². The van der Waals surface area contributed by atoms with Gasteiger partial charge in [0.15, 0.2) is 11.5 Å². The van der Waals surface area contributed by atoms with Gasteiger partial charge in [-0.2, -0.15) is 0 Å². The number of fused-ring (bicyclic) bond motifs is 1. The van der Waals surface area contributed by atoms with Gasteiger partial charge in [0.1, 0.15) is 17.2 Å². The SMILES string of the molecule is COc1ccc(OC)c(NC(=O)c2cc3c(OC)c(OC)c(OC)cc3[nH]2)c1. The first-order valence-corrected chi connectivity index (χ1v) is 8.41. The largest absolute Gasteiger partial charge is 0.497 e. The zero-order valence-electron chi connectivity index (χ0n) is 16.3. The van der Waals surface area contributed by atoms with Crippen LogP contribution in [0.4, 0.5) is 5.69 Å². The van der Waals surface area contributed by atoms with E-state index in [4.69, 9.17) is 23.7 Å². The number of rotatable bonds is 7. The van der Waals surface area contributed by atoms with Crippen LogP contribution in [0.5, 0.6) is 28.7 Å². The second kappa shape index (κ2) is 7.99. The quantitative estimate of drug-likeness (QED) is 0.646. The number of carbonyl (C=O) groups is 1. The van der Waals surface area contributed by atoms with Crippen LogP contribution < -0.4 is 29.0 Å². The molecule has 0 aliphatic rings. The van der Waals surface area contributed by atoms with Crippen LogP contribution in [0, 0.1) is 0 Å². The topological polar surface area (TPSA) is 91.0 Å². The number of aromatic amines is 1. The van der Waals surface area contributed by atoms with Gasteiger partial charge in [0.05, 0.1) is 46.8 Å². The van der Waals surface area contributed by atoms with Crippen LogP contribution in [0.25, 0.3) is 10.9 Å². The smallest absolute Gasteiger partial charge is 0.272 e. The minimum absolute atomic E-state index is 0.341. The Labute approximate surface area is 162 Å². The number of H-pyrrole nitrogens is 1. The fourth-order valence-corrected chi connectivity index (χ4v) is 2.97. The molecule has 0 unspecified atom stereocenters. The van der Waals surface area contributed by atoms with Gasteiger partial charge >= 0.3 is 0 Å². The first-order chi connectivity index (χ1) is 13.6. The van der Waals surface area contributed by atoms with Crippen LogP contribution in [0.3, 0.4) is 0 Å². The second-order valence-electron chi connectivity index (χ2n) is 5.81. The lowest BCUT2D eigenvalue weighted by Crippen LogP contribution is -2.13. The molecule has 0 atom stereocenters. The molecule has 2 aromatic carbocycles. The number of benzene rings is 2. The fraction of sp³-hybridized carbons (Fsp3) is 0.250. The normalized spacial score (nSPS) is 10.5. The van der Waals surface area contributed by atoms with E-state index >= 15 is 0 Å². The van der Waals surface area contributed by atoms with Crippen LogP contribution in [0.2, 0.25) is 0 Å². The van der Waals surface area contributed by atoms with Crippen molar-refractivity contribution in [1.82, 2.24) is 4.98 Å². The maximum Gasteiger partial charge on any atom is 0.272 e. The Morgan fingerprint density at radius 3 is 2.14 bits per heavy atom. The van der Waals surface area contributed by atoms with Gasteiger partial charge in [0, 0.05) is 17.5 Å². The Morgan fingerprint density at radius 1 is 0.821 bits per heavy atom. The third-order valence-corrected chi connectivity index (χ3v) is 4.33. The average Bonchev–Trinajstić information content (AvgIpc) is 3.15. The number of nitrogens with one attached hydrogen (secondary N) is 2. The summed E-state index contributed by atoms with van der Waals surface area (Å²) in [5.74, 6) is 2.21. The van der Waals surface area contributed by atoms with Crippen molar-refractivity contribution in [2.75, 3.05) is 40.9 Å². The van der Waals surface area contributed by atoms with Crippen molar-refractivity contribution in [2.24, 2.45) is 0 Å². The summed E-state index contributed by atoms with van der Waals surface area (Å²) in [7, 11) is 7.68. The number of ether oxygens (including phenoxy) is 5. The molecular formula is C20H22N2O6. The number of amides is 1. The van der Waals surface area contributed by atoms with Crippen molar-refractivity contribution in [2.45, 2.75) is 0 Å². The Balaban J connectivity index is 2.01. The summed E-state index contributed by atoms with van der Waals surface area (Å²) in [4.78, 5) is 15.9. The molecule has 0 saturated heterocycles. The van der Waals surface area contributed by atoms with Gasteiger partial charge < -0.3 is 34.0 Å². The van der Waals surface area contributed by atoms with E-state index < -0.39 is 0 Å². The van der Waals surface area contributed by atoms with Crippen molar-refractivity contribution in [3.63, 3.8) is 0 Å². The van der Waals surface area contributed by atoms with Crippen LogP contribution in [0.15, 0.2) is 30.3 Å². The molecular weight excluding hydrogens is 364 g/mol. The molecule has 2 N–H and O–H groups in total. The highest BCUT2D eigenvalue weighted by atomic mass is 16.5. The summed E-state index contributed by atoms with van der Waals surface area (Å²) in [5, 5.41) is 3.53. The first-order valence-electron chi connectivity index (χ1n) is 8.41. The molecule has 1 heterocycles. The lowest BCUT2D eigenvalue weighted by Gasteiger charge is -2.12. The molecule has 0 aliphatic carbocycles. The number of carbonyl (C=O) groups excluding carboxylic acids is 1. The molecule has 28 heavy (non-hydrogen) atoms. The highest BCUT2D eigenvalue weighted by Crippen LogP contribution is 2.43. The predicted octanol–water partition coefficient (Wildman–Crippen LogP) is 3.46. The molecule has 1 aromatic heterocycles. The van der Waals surface area contributed by atoms with Gasteiger partial charge in [-0.1, -0.05) is 0 Å². The Kier molecular flexibility index (Phi) is 5.49. The van der Waals surface area contributed by atoms with Crippen molar-refractivity contribution >= 4 is 22.5 Å². The highest BCUT2D eigenvalue weighted by molar-refractivity contribution is 6.08. The minimum atomic E-state index is -0.345.